The van der Waals surface area contributed by atoms with E-state index in [9.17, 15) is 14.7 Å². The molecule has 0 aliphatic heterocycles. The van der Waals surface area contributed by atoms with Crippen LogP contribution in [0.1, 0.15) is 5.56 Å². The maximum absolute atomic E-state index is 12.0. The van der Waals surface area contributed by atoms with E-state index in [0.29, 0.717) is 18.9 Å². The lowest BCUT2D eigenvalue weighted by Crippen LogP contribution is -2.41. The van der Waals surface area contributed by atoms with Crippen molar-refractivity contribution in [2.45, 2.75) is 6.42 Å². The third-order valence-electron chi connectivity index (χ3n) is 3.71. The second-order valence-electron chi connectivity index (χ2n) is 5.19. The van der Waals surface area contributed by atoms with Gasteiger partial charge in [0, 0.05) is 33.3 Å². The second-order valence-corrected chi connectivity index (χ2v) is 5.19. The van der Waals surface area contributed by atoms with Crippen LogP contribution in [-0.2, 0) is 20.5 Å². The number of nitrogens with zero attached hydrogens (tertiary/aromatic N) is 3. The Labute approximate surface area is 128 Å². The first kappa shape index (κ1) is 16.0. The number of aliphatic hydroxyl groups excluding tert-OH is 1. The molecule has 6 heteroatoms. The number of hydrogen-bond donors (Lipinski definition) is 1. The Morgan fingerprint density at radius 1 is 1.05 bits per heavy atom. The molecule has 1 heterocycles. The molecule has 0 saturated heterocycles. The molecule has 6 nitrogen and oxygen atoms in total. The first-order chi connectivity index (χ1) is 10.5. The molecule has 1 aromatic heterocycles. The summed E-state index contributed by atoms with van der Waals surface area (Å²) in [7, 11) is 3.08. The van der Waals surface area contributed by atoms with Gasteiger partial charge >= 0.3 is 5.69 Å². The molecule has 118 valence electrons. The monoisotopic (exact) mass is 303 g/mol. The minimum Gasteiger partial charge on any atom is -0.395 e. The second kappa shape index (κ2) is 7.09. The molecule has 0 atom stereocenters. The van der Waals surface area contributed by atoms with E-state index in [-0.39, 0.29) is 17.9 Å². The summed E-state index contributed by atoms with van der Waals surface area (Å²) in [5.41, 5.74) is 0.449. The van der Waals surface area contributed by atoms with Gasteiger partial charge in [0.2, 0.25) is 0 Å². The van der Waals surface area contributed by atoms with Crippen molar-refractivity contribution >= 4 is 5.82 Å². The lowest BCUT2D eigenvalue weighted by Gasteiger charge is -2.25. The summed E-state index contributed by atoms with van der Waals surface area (Å²) in [6.45, 7) is 0.941. The minimum atomic E-state index is -0.370. The zero-order valence-corrected chi connectivity index (χ0v) is 12.9. The van der Waals surface area contributed by atoms with Crippen LogP contribution in [0.5, 0.6) is 0 Å². The molecule has 0 aliphatic rings. The van der Waals surface area contributed by atoms with Crippen LogP contribution in [0.2, 0.25) is 0 Å². The summed E-state index contributed by atoms with van der Waals surface area (Å²) in [4.78, 5) is 25.7. The SMILES string of the molecule is Cn1c(N(CCO)CCc2ccccc2)cc(=O)n(C)c1=O. The van der Waals surface area contributed by atoms with Crippen LogP contribution in [0, 0.1) is 0 Å². The summed E-state index contributed by atoms with van der Waals surface area (Å²) in [5.74, 6) is 0.526. The number of aromatic nitrogens is 2. The third kappa shape index (κ3) is 3.46. The maximum Gasteiger partial charge on any atom is 0.332 e. The predicted octanol–water partition coefficient (Wildman–Crippen LogP) is 0.125. The van der Waals surface area contributed by atoms with E-state index >= 15 is 0 Å². The molecule has 22 heavy (non-hydrogen) atoms. The van der Waals surface area contributed by atoms with Crippen molar-refractivity contribution in [1.82, 2.24) is 9.13 Å². The molecule has 0 radical (unpaired) electrons. The van der Waals surface area contributed by atoms with Gasteiger partial charge in [0.15, 0.2) is 0 Å². The number of rotatable bonds is 6. The van der Waals surface area contributed by atoms with E-state index in [1.807, 2.05) is 35.2 Å². The molecular weight excluding hydrogens is 282 g/mol. The quantitative estimate of drug-likeness (QED) is 0.823. The minimum absolute atomic E-state index is 0.0435. The molecule has 0 unspecified atom stereocenters. The largest absolute Gasteiger partial charge is 0.395 e. The average Bonchev–Trinajstić information content (AvgIpc) is 2.54. The highest BCUT2D eigenvalue weighted by Gasteiger charge is 2.13. The molecule has 1 N–H and O–H groups in total. The Balaban J connectivity index is 2.28. The van der Waals surface area contributed by atoms with Crippen LogP contribution in [0.15, 0.2) is 46.0 Å². The van der Waals surface area contributed by atoms with Gasteiger partial charge in [-0.15, -0.1) is 0 Å². The summed E-state index contributed by atoms with van der Waals surface area (Å²) in [6, 6.07) is 11.4. The van der Waals surface area contributed by atoms with Gasteiger partial charge in [0.05, 0.1) is 6.61 Å². The molecule has 0 amide bonds. The maximum atomic E-state index is 12.0. The molecule has 1 aromatic carbocycles. The van der Waals surface area contributed by atoms with E-state index in [1.165, 1.54) is 23.2 Å². The molecule has 0 saturated carbocycles. The Kier molecular flexibility index (Phi) is 5.16. The summed E-state index contributed by atoms with van der Waals surface area (Å²) in [6.07, 6.45) is 0.768. The summed E-state index contributed by atoms with van der Waals surface area (Å²) < 4.78 is 2.50. The van der Waals surface area contributed by atoms with Crippen molar-refractivity contribution < 1.29 is 5.11 Å². The van der Waals surface area contributed by atoms with Crippen molar-refractivity contribution in [1.29, 1.82) is 0 Å². The van der Waals surface area contributed by atoms with Gasteiger partial charge in [0.1, 0.15) is 5.82 Å². The molecule has 0 spiro atoms. The smallest absolute Gasteiger partial charge is 0.332 e. The van der Waals surface area contributed by atoms with Crippen molar-refractivity contribution in [2.24, 2.45) is 14.1 Å². The van der Waals surface area contributed by atoms with E-state index in [2.05, 4.69) is 0 Å². The van der Waals surface area contributed by atoms with Crippen LogP contribution in [0.4, 0.5) is 5.82 Å². The Hall–Kier alpha value is -2.34. The Bertz CT molecular complexity index is 735. The lowest BCUT2D eigenvalue weighted by molar-refractivity contribution is 0.301. The highest BCUT2D eigenvalue weighted by molar-refractivity contribution is 5.38. The molecule has 0 aliphatic carbocycles. The van der Waals surface area contributed by atoms with E-state index in [1.54, 1.807) is 7.05 Å². The third-order valence-corrected chi connectivity index (χ3v) is 3.71. The van der Waals surface area contributed by atoms with Gasteiger partial charge in [-0.05, 0) is 12.0 Å². The van der Waals surface area contributed by atoms with Crippen molar-refractivity contribution in [3.63, 3.8) is 0 Å². The fourth-order valence-corrected chi connectivity index (χ4v) is 2.40. The zero-order valence-electron chi connectivity index (χ0n) is 12.9. The molecular formula is C16H21N3O3. The van der Waals surface area contributed by atoms with Gasteiger partial charge in [-0.1, -0.05) is 30.3 Å². The van der Waals surface area contributed by atoms with Crippen molar-refractivity contribution in [2.75, 3.05) is 24.6 Å². The van der Waals surface area contributed by atoms with Crippen LogP contribution in [0.3, 0.4) is 0 Å². The Morgan fingerprint density at radius 2 is 1.73 bits per heavy atom. The summed E-state index contributed by atoms with van der Waals surface area (Å²) >= 11 is 0. The average molecular weight is 303 g/mol. The highest BCUT2D eigenvalue weighted by Crippen LogP contribution is 2.10. The topological polar surface area (TPSA) is 67.5 Å². The highest BCUT2D eigenvalue weighted by atomic mass is 16.3. The molecule has 2 rings (SSSR count). The van der Waals surface area contributed by atoms with Crippen LogP contribution in [-0.4, -0.2) is 33.9 Å². The van der Waals surface area contributed by atoms with Gasteiger partial charge in [-0.2, -0.15) is 0 Å². The number of aliphatic hydroxyl groups is 1. The number of anilines is 1. The first-order valence-electron chi connectivity index (χ1n) is 7.21. The van der Waals surface area contributed by atoms with Crippen LogP contribution < -0.4 is 16.1 Å². The standard InChI is InChI=1S/C16H21N3O3/c1-17-14(12-15(21)18(2)16(17)22)19(10-11-20)9-8-13-6-4-3-5-7-13/h3-7,12,20H,8-11H2,1-2H3. The molecule has 0 bridgehead atoms. The van der Waals surface area contributed by atoms with Gasteiger partial charge in [-0.25, -0.2) is 4.79 Å². The van der Waals surface area contributed by atoms with Gasteiger partial charge in [0.25, 0.3) is 5.56 Å². The van der Waals surface area contributed by atoms with Crippen LogP contribution >= 0.6 is 0 Å². The number of hydrogen-bond acceptors (Lipinski definition) is 4. The fourth-order valence-electron chi connectivity index (χ4n) is 2.40. The first-order valence-corrected chi connectivity index (χ1v) is 7.21. The normalized spacial score (nSPS) is 10.7. The zero-order chi connectivity index (χ0) is 16.1. The van der Waals surface area contributed by atoms with Crippen LogP contribution in [0.25, 0.3) is 0 Å². The van der Waals surface area contributed by atoms with Crippen molar-refractivity contribution in [3.05, 3.63) is 62.8 Å². The van der Waals surface area contributed by atoms with E-state index in [4.69, 9.17) is 0 Å². The molecule has 0 fully saturated rings. The van der Waals surface area contributed by atoms with Gasteiger partial charge in [-0.3, -0.25) is 13.9 Å². The predicted molar refractivity (Wildman–Crippen MR) is 86.4 cm³/mol. The van der Waals surface area contributed by atoms with E-state index in [0.717, 1.165) is 11.0 Å². The lowest BCUT2D eigenvalue weighted by atomic mass is 10.1. The van der Waals surface area contributed by atoms with Crippen molar-refractivity contribution in [3.8, 4) is 0 Å². The molecule has 2 aromatic rings. The van der Waals surface area contributed by atoms with Gasteiger partial charge < -0.3 is 10.0 Å². The fraction of sp³-hybridized carbons (Fsp3) is 0.375. The Morgan fingerprint density at radius 3 is 2.36 bits per heavy atom. The number of benzene rings is 1. The summed E-state index contributed by atoms with van der Waals surface area (Å²) in [5, 5.41) is 9.27. The van der Waals surface area contributed by atoms with E-state index < -0.39 is 0 Å².